The molecule has 15 heavy (non-hydrogen) atoms. The second-order valence-corrected chi connectivity index (χ2v) is 6.33. The zero-order valence-corrected chi connectivity index (χ0v) is 10.4. The van der Waals surface area contributed by atoms with Crippen molar-refractivity contribution >= 4 is 11.8 Å². The summed E-state index contributed by atoms with van der Waals surface area (Å²) in [5, 5.41) is 9.59. The van der Waals surface area contributed by atoms with Crippen LogP contribution in [0.5, 0.6) is 0 Å². The van der Waals surface area contributed by atoms with Gasteiger partial charge < -0.3 is 10.0 Å². The first-order valence-corrected chi connectivity index (χ1v) is 7.41. The first-order valence-electron chi connectivity index (χ1n) is 6.26. The predicted molar refractivity (Wildman–Crippen MR) is 66.4 cm³/mol. The largest absolute Gasteiger partial charge is 0.396 e. The van der Waals surface area contributed by atoms with E-state index in [1.165, 1.54) is 56.7 Å². The molecule has 2 rings (SSSR count). The van der Waals surface area contributed by atoms with Gasteiger partial charge in [0, 0.05) is 30.9 Å². The van der Waals surface area contributed by atoms with Gasteiger partial charge in [0.05, 0.1) is 0 Å². The number of hydrogen-bond donors (Lipinski definition) is 1. The van der Waals surface area contributed by atoms with Crippen LogP contribution in [-0.4, -0.2) is 47.8 Å². The van der Waals surface area contributed by atoms with Crippen LogP contribution in [0, 0.1) is 5.41 Å². The Morgan fingerprint density at radius 1 is 1.07 bits per heavy atom. The quantitative estimate of drug-likeness (QED) is 0.800. The third kappa shape index (κ3) is 3.11. The van der Waals surface area contributed by atoms with Gasteiger partial charge in [0.1, 0.15) is 0 Å². The van der Waals surface area contributed by atoms with E-state index < -0.39 is 0 Å². The zero-order valence-electron chi connectivity index (χ0n) is 9.58. The Morgan fingerprint density at radius 2 is 1.87 bits per heavy atom. The lowest BCUT2D eigenvalue weighted by Gasteiger charge is -2.33. The fourth-order valence-corrected chi connectivity index (χ4v) is 3.85. The van der Waals surface area contributed by atoms with E-state index in [1.54, 1.807) is 0 Å². The highest BCUT2D eigenvalue weighted by Crippen LogP contribution is 2.38. The van der Waals surface area contributed by atoms with Crippen LogP contribution in [0.15, 0.2) is 0 Å². The Labute approximate surface area is 97.4 Å². The van der Waals surface area contributed by atoms with Crippen molar-refractivity contribution in [2.45, 2.75) is 32.1 Å². The highest BCUT2D eigenvalue weighted by molar-refractivity contribution is 7.99. The Bertz CT molecular complexity index is 184. The maximum atomic E-state index is 9.59. The molecule has 0 aromatic rings. The lowest BCUT2D eigenvalue weighted by Crippen LogP contribution is -2.39. The van der Waals surface area contributed by atoms with Crippen LogP contribution in [0.2, 0.25) is 0 Å². The number of rotatable bonds is 3. The van der Waals surface area contributed by atoms with Gasteiger partial charge in [-0.2, -0.15) is 11.8 Å². The molecule has 1 aliphatic carbocycles. The van der Waals surface area contributed by atoms with Gasteiger partial charge in [-0.25, -0.2) is 0 Å². The van der Waals surface area contributed by atoms with Crippen LogP contribution in [0.1, 0.15) is 32.1 Å². The van der Waals surface area contributed by atoms with Crippen LogP contribution < -0.4 is 0 Å². The van der Waals surface area contributed by atoms with Crippen molar-refractivity contribution in [2.75, 3.05) is 37.7 Å². The van der Waals surface area contributed by atoms with Gasteiger partial charge in [0.15, 0.2) is 0 Å². The predicted octanol–water partition coefficient (Wildman–Crippen LogP) is 1.98. The van der Waals surface area contributed by atoms with Crippen molar-refractivity contribution in [1.29, 1.82) is 0 Å². The molecule has 0 unspecified atom stereocenters. The fraction of sp³-hybridized carbons (Fsp3) is 1.00. The van der Waals surface area contributed by atoms with E-state index in [0.29, 0.717) is 6.61 Å². The standard InChI is InChI=1S/C12H23NOS/c14-11-12(4-1-2-5-12)10-13-6-3-8-15-9-7-13/h14H,1-11H2. The molecule has 1 saturated carbocycles. The molecule has 1 aliphatic heterocycles. The van der Waals surface area contributed by atoms with Gasteiger partial charge in [0.2, 0.25) is 0 Å². The van der Waals surface area contributed by atoms with E-state index in [-0.39, 0.29) is 5.41 Å². The summed E-state index contributed by atoms with van der Waals surface area (Å²) in [5.74, 6) is 2.60. The van der Waals surface area contributed by atoms with Gasteiger partial charge in [-0.3, -0.25) is 0 Å². The molecule has 0 atom stereocenters. The van der Waals surface area contributed by atoms with Crippen molar-refractivity contribution in [2.24, 2.45) is 5.41 Å². The van der Waals surface area contributed by atoms with E-state index in [2.05, 4.69) is 16.7 Å². The third-order valence-electron chi connectivity index (χ3n) is 3.87. The molecule has 1 saturated heterocycles. The number of aliphatic hydroxyl groups is 1. The first kappa shape index (κ1) is 11.7. The molecular weight excluding hydrogens is 206 g/mol. The summed E-state index contributed by atoms with van der Waals surface area (Å²) < 4.78 is 0. The van der Waals surface area contributed by atoms with E-state index in [4.69, 9.17) is 0 Å². The van der Waals surface area contributed by atoms with Crippen LogP contribution in [-0.2, 0) is 0 Å². The monoisotopic (exact) mass is 229 g/mol. The molecule has 0 spiro atoms. The average molecular weight is 229 g/mol. The van der Waals surface area contributed by atoms with Gasteiger partial charge in [0.25, 0.3) is 0 Å². The third-order valence-corrected chi connectivity index (χ3v) is 4.92. The second kappa shape index (κ2) is 5.55. The van der Waals surface area contributed by atoms with E-state index in [9.17, 15) is 5.11 Å². The summed E-state index contributed by atoms with van der Waals surface area (Å²) in [7, 11) is 0. The van der Waals surface area contributed by atoms with Crippen molar-refractivity contribution < 1.29 is 5.11 Å². The van der Waals surface area contributed by atoms with Crippen molar-refractivity contribution in [3.8, 4) is 0 Å². The summed E-state index contributed by atoms with van der Waals surface area (Å²) in [6.07, 6.45) is 6.46. The summed E-state index contributed by atoms with van der Waals surface area (Å²) in [6, 6.07) is 0. The van der Waals surface area contributed by atoms with Crippen molar-refractivity contribution in [3.05, 3.63) is 0 Å². The smallest absolute Gasteiger partial charge is 0.0499 e. The molecule has 2 aliphatic rings. The molecule has 2 nitrogen and oxygen atoms in total. The Hall–Kier alpha value is 0.270. The average Bonchev–Trinajstić information content (AvgIpc) is 2.57. The number of nitrogens with zero attached hydrogens (tertiary/aromatic N) is 1. The van der Waals surface area contributed by atoms with E-state index in [0.717, 1.165) is 6.54 Å². The summed E-state index contributed by atoms with van der Waals surface area (Å²) in [5.41, 5.74) is 0.259. The number of hydrogen-bond acceptors (Lipinski definition) is 3. The molecule has 0 aromatic heterocycles. The maximum absolute atomic E-state index is 9.59. The molecule has 3 heteroatoms. The molecule has 0 amide bonds. The van der Waals surface area contributed by atoms with Gasteiger partial charge in [-0.05, 0) is 31.6 Å². The van der Waals surface area contributed by atoms with Crippen LogP contribution >= 0.6 is 11.8 Å². The van der Waals surface area contributed by atoms with Crippen molar-refractivity contribution in [1.82, 2.24) is 4.90 Å². The van der Waals surface area contributed by atoms with Gasteiger partial charge in [-0.15, -0.1) is 0 Å². The summed E-state index contributed by atoms with van der Waals surface area (Å²) in [6.45, 7) is 4.02. The minimum atomic E-state index is 0.259. The SMILES string of the molecule is OCC1(CN2CCCSCC2)CCCC1. The van der Waals surface area contributed by atoms with Crippen LogP contribution in [0.4, 0.5) is 0 Å². The Morgan fingerprint density at radius 3 is 2.60 bits per heavy atom. The van der Waals surface area contributed by atoms with Crippen LogP contribution in [0.3, 0.4) is 0 Å². The summed E-state index contributed by atoms with van der Waals surface area (Å²) in [4.78, 5) is 2.58. The minimum absolute atomic E-state index is 0.259. The normalized spacial score (nSPS) is 27.8. The Kier molecular flexibility index (Phi) is 4.35. The molecular formula is C12H23NOS. The van der Waals surface area contributed by atoms with Gasteiger partial charge >= 0.3 is 0 Å². The fourth-order valence-electron chi connectivity index (χ4n) is 2.92. The first-order chi connectivity index (χ1) is 7.35. The van der Waals surface area contributed by atoms with Crippen molar-refractivity contribution in [3.63, 3.8) is 0 Å². The number of aliphatic hydroxyl groups excluding tert-OH is 1. The molecule has 2 fully saturated rings. The lowest BCUT2D eigenvalue weighted by atomic mass is 9.86. The van der Waals surface area contributed by atoms with E-state index >= 15 is 0 Å². The molecule has 0 bridgehead atoms. The second-order valence-electron chi connectivity index (χ2n) is 5.11. The lowest BCUT2D eigenvalue weighted by molar-refractivity contribution is 0.0816. The Balaban J connectivity index is 1.87. The molecule has 0 aromatic carbocycles. The van der Waals surface area contributed by atoms with E-state index in [1.807, 2.05) is 0 Å². The molecule has 1 N–H and O–H groups in total. The minimum Gasteiger partial charge on any atom is -0.396 e. The number of thioether (sulfide) groups is 1. The highest BCUT2D eigenvalue weighted by Gasteiger charge is 2.34. The van der Waals surface area contributed by atoms with Gasteiger partial charge in [-0.1, -0.05) is 12.8 Å². The summed E-state index contributed by atoms with van der Waals surface area (Å²) >= 11 is 2.08. The topological polar surface area (TPSA) is 23.5 Å². The zero-order chi connectivity index (χ0) is 10.6. The molecule has 88 valence electrons. The molecule has 0 radical (unpaired) electrons. The molecule has 1 heterocycles. The van der Waals surface area contributed by atoms with Crippen LogP contribution in [0.25, 0.3) is 0 Å². The highest BCUT2D eigenvalue weighted by atomic mass is 32.2. The maximum Gasteiger partial charge on any atom is 0.0499 e.